The van der Waals surface area contributed by atoms with Crippen molar-refractivity contribution >= 4 is 23.3 Å². The number of aliphatic hydroxyl groups is 1. The first-order valence-corrected chi connectivity index (χ1v) is 7.75. The molecule has 1 amide bonds. The van der Waals surface area contributed by atoms with Crippen LogP contribution in [0.25, 0.3) is 0 Å². The third kappa shape index (κ3) is 4.18. The smallest absolute Gasteiger partial charge is 0.252 e. The molecule has 0 bridgehead atoms. The van der Waals surface area contributed by atoms with E-state index in [2.05, 4.69) is 5.32 Å². The predicted octanol–water partition coefficient (Wildman–Crippen LogP) is 3.07. The van der Waals surface area contributed by atoms with Crippen LogP contribution < -0.4 is 5.32 Å². The van der Waals surface area contributed by atoms with E-state index in [-0.39, 0.29) is 24.3 Å². The normalized spacial score (nSPS) is 11.8. The van der Waals surface area contributed by atoms with Crippen molar-refractivity contribution in [1.29, 1.82) is 0 Å². The van der Waals surface area contributed by atoms with Gasteiger partial charge >= 0.3 is 0 Å². The molecule has 2 aromatic carbocycles. The zero-order valence-corrected chi connectivity index (χ0v) is 13.5. The third-order valence-electron chi connectivity index (χ3n) is 3.57. The standard InChI is InChI=1S/C18H18ClNO3/c1-2-14(11-21)20-18(23)16-6-4-3-5-15(16)17(22)12-7-9-13(19)10-8-12/h3-10,14,21H,2,11H2,1H3,(H,20,23)/t14-/m1/s1. The van der Waals surface area contributed by atoms with Gasteiger partial charge in [0.2, 0.25) is 0 Å². The summed E-state index contributed by atoms with van der Waals surface area (Å²) in [5, 5.41) is 12.5. The number of hydrogen-bond acceptors (Lipinski definition) is 3. The molecule has 0 fully saturated rings. The minimum atomic E-state index is -0.371. The molecule has 5 heteroatoms. The first-order valence-electron chi connectivity index (χ1n) is 7.37. The minimum Gasteiger partial charge on any atom is -0.394 e. The number of benzene rings is 2. The number of carbonyl (C=O) groups excluding carboxylic acids is 2. The van der Waals surface area contributed by atoms with Crippen LogP contribution in [0.4, 0.5) is 0 Å². The predicted molar refractivity (Wildman–Crippen MR) is 90.0 cm³/mol. The fourth-order valence-corrected chi connectivity index (χ4v) is 2.30. The Bertz CT molecular complexity index is 694. The summed E-state index contributed by atoms with van der Waals surface area (Å²) in [5.41, 5.74) is 1.07. The monoisotopic (exact) mass is 331 g/mol. The molecule has 0 saturated carbocycles. The van der Waals surface area contributed by atoms with Gasteiger partial charge in [-0.25, -0.2) is 0 Å². The van der Waals surface area contributed by atoms with Crippen LogP contribution in [-0.2, 0) is 0 Å². The van der Waals surface area contributed by atoms with Gasteiger partial charge < -0.3 is 10.4 Å². The van der Waals surface area contributed by atoms with E-state index in [1.165, 1.54) is 0 Å². The molecule has 23 heavy (non-hydrogen) atoms. The van der Waals surface area contributed by atoms with E-state index in [0.29, 0.717) is 28.1 Å². The van der Waals surface area contributed by atoms with Gasteiger partial charge in [0, 0.05) is 16.1 Å². The van der Waals surface area contributed by atoms with E-state index in [0.717, 1.165) is 0 Å². The SMILES string of the molecule is CC[C@H](CO)NC(=O)c1ccccc1C(=O)c1ccc(Cl)cc1. The first kappa shape index (κ1) is 17.2. The average molecular weight is 332 g/mol. The Morgan fingerprint density at radius 3 is 2.26 bits per heavy atom. The van der Waals surface area contributed by atoms with Crippen LogP contribution in [0.2, 0.25) is 5.02 Å². The van der Waals surface area contributed by atoms with Crippen molar-refractivity contribution in [2.45, 2.75) is 19.4 Å². The van der Waals surface area contributed by atoms with Crippen molar-refractivity contribution in [2.75, 3.05) is 6.61 Å². The lowest BCUT2D eigenvalue weighted by molar-refractivity contribution is 0.0906. The molecule has 2 rings (SSSR count). The van der Waals surface area contributed by atoms with Gasteiger partial charge in [0.15, 0.2) is 5.78 Å². The summed E-state index contributed by atoms with van der Waals surface area (Å²) in [6.07, 6.45) is 0.607. The Balaban J connectivity index is 2.31. The molecule has 0 spiro atoms. The molecule has 0 aliphatic heterocycles. The lowest BCUT2D eigenvalue weighted by Gasteiger charge is -2.15. The molecule has 1 atom stereocenters. The molecule has 0 radical (unpaired) electrons. The molecular formula is C18H18ClNO3. The van der Waals surface area contributed by atoms with E-state index >= 15 is 0 Å². The summed E-state index contributed by atoms with van der Waals surface area (Å²) in [4.78, 5) is 25.0. The van der Waals surface area contributed by atoms with Gasteiger partial charge in [-0.1, -0.05) is 36.7 Å². The van der Waals surface area contributed by atoms with Gasteiger partial charge in [-0.15, -0.1) is 0 Å². The van der Waals surface area contributed by atoms with Crippen LogP contribution >= 0.6 is 11.6 Å². The second-order valence-electron chi connectivity index (χ2n) is 5.14. The number of hydrogen-bond donors (Lipinski definition) is 2. The van der Waals surface area contributed by atoms with Crippen molar-refractivity contribution in [3.63, 3.8) is 0 Å². The Labute approximate surface area is 140 Å². The van der Waals surface area contributed by atoms with Crippen LogP contribution in [-0.4, -0.2) is 29.4 Å². The summed E-state index contributed by atoms with van der Waals surface area (Å²) < 4.78 is 0. The highest BCUT2D eigenvalue weighted by Gasteiger charge is 2.19. The highest BCUT2D eigenvalue weighted by molar-refractivity contribution is 6.30. The fraction of sp³-hybridized carbons (Fsp3) is 0.222. The largest absolute Gasteiger partial charge is 0.394 e. The average Bonchev–Trinajstić information content (AvgIpc) is 2.59. The van der Waals surface area contributed by atoms with E-state index in [9.17, 15) is 14.7 Å². The summed E-state index contributed by atoms with van der Waals surface area (Å²) in [5.74, 6) is -0.617. The van der Waals surface area contributed by atoms with Crippen molar-refractivity contribution in [3.05, 3.63) is 70.2 Å². The van der Waals surface area contributed by atoms with Crippen molar-refractivity contribution < 1.29 is 14.7 Å². The lowest BCUT2D eigenvalue weighted by atomic mass is 9.97. The summed E-state index contributed by atoms with van der Waals surface area (Å²) in [7, 11) is 0. The maximum Gasteiger partial charge on any atom is 0.252 e. The fourth-order valence-electron chi connectivity index (χ4n) is 2.18. The zero-order valence-electron chi connectivity index (χ0n) is 12.8. The highest BCUT2D eigenvalue weighted by atomic mass is 35.5. The topological polar surface area (TPSA) is 66.4 Å². The van der Waals surface area contributed by atoms with Crippen LogP contribution in [0.1, 0.15) is 39.6 Å². The minimum absolute atomic E-state index is 0.143. The number of amides is 1. The summed E-state index contributed by atoms with van der Waals surface area (Å²) in [6, 6.07) is 12.8. The Hall–Kier alpha value is -2.17. The van der Waals surface area contributed by atoms with Gasteiger partial charge in [0.05, 0.1) is 18.2 Å². The second kappa shape index (κ2) is 7.90. The molecule has 0 aliphatic carbocycles. The number of ketones is 1. The number of halogens is 1. The third-order valence-corrected chi connectivity index (χ3v) is 3.82. The molecule has 4 nitrogen and oxygen atoms in total. The Morgan fingerprint density at radius 2 is 1.70 bits per heavy atom. The molecule has 0 heterocycles. The van der Waals surface area contributed by atoms with E-state index in [1.54, 1.807) is 48.5 Å². The van der Waals surface area contributed by atoms with E-state index in [1.807, 2.05) is 6.92 Å². The molecule has 2 N–H and O–H groups in total. The van der Waals surface area contributed by atoms with E-state index < -0.39 is 0 Å². The number of carbonyl (C=O) groups is 2. The summed E-state index contributed by atoms with van der Waals surface area (Å²) >= 11 is 5.83. The number of aliphatic hydroxyl groups excluding tert-OH is 1. The lowest BCUT2D eigenvalue weighted by Crippen LogP contribution is -2.37. The molecule has 0 saturated heterocycles. The molecule has 120 valence electrons. The molecule has 0 aromatic heterocycles. The zero-order chi connectivity index (χ0) is 16.8. The Morgan fingerprint density at radius 1 is 1.09 bits per heavy atom. The molecular weight excluding hydrogens is 314 g/mol. The van der Waals surface area contributed by atoms with Gasteiger partial charge in [-0.3, -0.25) is 9.59 Å². The quantitative estimate of drug-likeness (QED) is 0.799. The Kier molecular flexibility index (Phi) is 5.90. The maximum absolute atomic E-state index is 12.6. The van der Waals surface area contributed by atoms with Gasteiger partial charge in [0.1, 0.15) is 0 Å². The van der Waals surface area contributed by atoms with Crippen molar-refractivity contribution in [3.8, 4) is 0 Å². The number of nitrogens with one attached hydrogen (secondary N) is 1. The van der Waals surface area contributed by atoms with Gasteiger partial charge in [-0.05, 0) is 36.8 Å². The van der Waals surface area contributed by atoms with Crippen molar-refractivity contribution in [1.82, 2.24) is 5.32 Å². The second-order valence-corrected chi connectivity index (χ2v) is 5.58. The van der Waals surface area contributed by atoms with Crippen LogP contribution in [0.15, 0.2) is 48.5 Å². The van der Waals surface area contributed by atoms with E-state index in [4.69, 9.17) is 11.6 Å². The van der Waals surface area contributed by atoms with Crippen molar-refractivity contribution in [2.24, 2.45) is 0 Å². The molecule has 0 unspecified atom stereocenters. The number of rotatable bonds is 6. The highest BCUT2D eigenvalue weighted by Crippen LogP contribution is 2.17. The molecule has 0 aliphatic rings. The molecule has 2 aromatic rings. The van der Waals surface area contributed by atoms with Crippen LogP contribution in [0, 0.1) is 0 Å². The first-order chi connectivity index (χ1) is 11.1. The van der Waals surface area contributed by atoms with Crippen LogP contribution in [0.3, 0.4) is 0 Å². The summed E-state index contributed by atoms with van der Waals surface area (Å²) in [6.45, 7) is 1.72. The van der Waals surface area contributed by atoms with Crippen LogP contribution in [0.5, 0.6) is 0 Å². The van der Waals surface area contributed by atoms with Gasteiger partial charge in [-0.2, -0.15) is 0 Å². The maximum atomic E-state index is 12.6. The van der Waals surface area contributed by atoms with Gasteiger partial charge in [0.25, 0.3) is 5.91 Å².